The first-order valence-corrected chi connectivity index (χ1v) is 6.07. The summed E-state index contributed by atoms with van der Waals surface area (Å²) in [6.45, 7) is 7.75. The van der Waals surface area contributed by atoms with E-state index in [9.17, 15) is 0 Å². The summed E-state index contributed by atoms with van der Waals surface area (Å²) in [4.78, 5) is 9.06. The highest BCUT2D eigenvalue weighted by Crippen LogP contribution is 2.07. The first-order valence-electron chi connectivity index (χ1n) is 6.07. The van der Waals surface area contributed by atoms with E-state index >= 15 is 0 Å². The lowest BCUT2D eigenvalue weighted by Gasteiger charge is -2.39. The van der Waals surface area contributed by atoms with Gasteiger partial charge in [-0.1, -0.05) is 0 Å². The molecule has 0 spiro atoms. The van der Waals surface area contributed by atoms with Crippen LogP contribution in [-0.4, -0.2) is 68.2 Å². The molecular weight excluding hydrogens is 218 g/mol. The molecule has 6 nitrogen and oxygen atoms in total. The molecular formula is C11H25N5O. The average Bonchev–Trinajstić information content (AvgIpc) is 2.30. The third-order valence-electron chi connectivity index (χ3n) is 3.14. The monoisotopic (exact) mass is 243 g/mol. The highest BCUT2D eigenvalue weighted by molar-refractivity contribution is 5.79. The van der Waals surface area contributed by atoms with E-state index in [2.05, 4.69) is 34.2 Å². The Balaban J connectivity index is 2.61. The molecule has 0 amide bonds. The molecule has 0 saturated carbocycles. The number of rotatable bonds is 3. The fourth-order valence-electron chi connectivity index (χ4n) is 1.94. The lowest BCUT2D eigenvalue weighted by atomic mass is 10.2. The summed E-state index contributed by atoms with van der Waals surface area (Å²) < 4.78 is 5.07. The number of likely N-dealkylation sites (N-methyl/N-ethyl adjacent to an activating group) is 1. The zero-order chi connectivity index (χ0) is 12.8. The molecule has 6 heteroatoms. The summed E-state index contributed by atoms with van der Waals surface area (Å²) in [5.41, 5.74) is 2.70. The van der Waals surface area contributed by atoms with Gasteiger partial charge in [0.25, 0.3) is 0 Å². The zero-order valence-corrected chi connectivity index (χ0v) is 11.3. The SMILES string of the molecule is COCC(C)N=C(NN)N1CCN(C)C(C)C1. The molecule has 0 aromatic carbocycles. The molecule has 0 aromatic rings. The van der Waals surface area contributed by atoms with E-state index in [-0.39, 0.29) is 6.04 Å². The third-order valence-corrected chi connectivity index (χ3v) is 3.14. The molecule has 2 unspecified atom stereocenters. The van der Waals surface area contributed by atoms with Gasteiger partial charge in [0.05, 0.1) is 12.6 Å². The molecule has 3 N–H and O–H groups in total. The van der Waals surface area contributed by atoms with Crippen molar-refractivity contribution in [3.05, 3.63) is 0 Å². The largest absolute Gasteiger partial charge is 0.382 e. The Morgan fingerprint density at radius 2 is 2.29 bits per heavy atom. The molecule has 1 saturated heterocycles. The smallest absolute Gasteiger partial charge is 0.208 e. The molecule has 100 valence electrons. The van der Waals surface area contributed by atoms with Crippen LogP contribution in [0.5, 0.6) is 0 Å². The van der Waals surface area contributed by atoms with Gasteiger partial charge in [-0.05, 0) is 20.9 Å². The van der Waals surface area contributed by atoms with Gasteiger partial charge in [0, 0.05) is 32.8 Å². The van der Waals surface area contributed by atoms with E-state index in [1.807, 2.05) is 6.92 Å². The number of hydrogen-bond acceptors (Lipinski definition) is 4. The molecule has 1 aliphatic heterocycles. The van der Waals surface area contributed by atoms with Gasteiger partial charge in [0.1, 0.15) is 0 Å². The van der Waals surface area contributed by atoms with Crippen molar-refractivity contribution in [2.75, 3.05) is 40.4 Å². The summed E-state index contributed by atoms with van der Waals surface area (Å²) in [5.74, 6) is 6.31. The quantitative estimate of drug-likeness (QED) is 0.302. The lowest BCUT2D eigenvalue weighted by Crippen LogP contribution is -2.56. The van der Waals surface area contributed by atoms with Gasteiger partial charge in [-0.3, -0.25) is 5.43 Å². The molecule has 17 heavy (non-hydrogen) atoms. The van der Waals surface area contributed by atoms with Crippen LogP contribution in [0.4, 0.5) is 0 Å². The number of aliphatic imine (C=N–C) groups is 1. The predicted octanol–water partition coefficient (Wildman–Crippen LogP) is -0.523. The van der Waals surface area contributed by atoms with Crippen LogP contribution in [0.25, 0.3) is 0 Å². The fourth-order valence-corrected chi connectivity index (χ4v) is 1.94. The maximum absolute atomic E-state index is 5.55. The summed E-state index contributed by atoms with van der Waals surface area (Å²) in [6.07, 6.45) is 0. The van der Waals surface area contributed by atoms with Gasteiger partial charge < -0.3 is 14.5 Å². The highest BCUT2D eigenvalue weighted by atomic mass is 16.5. The van der Waals surface area contributed by atoms with Gasteiger partial charge in [0.2, 0.25) is 5.96 Å². The first-order chi connectivity index (χ1) is 8.08. The second kappa shape index (κ2) is 6.78. The van der Waals surface area contributed by atoms with Crippen LogP contribution in [0.3, 0.4) is 0 Å². The molecule has 0 aromatic heterocycles. The van der Waals surface area contributed by atoms with E-state index < -0.39 is 0 Å². The third kappa shape index (κ3) is 4.14. The molecule has 1 fully saturated rings. The van der Waals surface area contributed by atoms with Crippen LogP contribution in [-0.2, 0) is 4.74 Å². The standard InChI is InChI=1S/C11H25N5O/c1-9(8-17-4)13-11(14-12)16-6-5-15(3)10(2)7-16/h9-10H,5-8,12H2,1-4H3,(H,13,14). The average molecular weight is 243 g/mol. The van der Waals surface area contributed by atoms with Crippen molar-refractivity contribution in [3.8, 4) is 0 Å². The lowest BCUT2D eigenvalue weighted by molar-refractivity contribution is 0.148. The first kappa shape index (κ1) is 14.2. The van der Waals surface area contributed by atoms with Gasteiger partial charge in [0.15, 0.2) is 0 Å². The van der Waals surface area contributed by atoms with Crippen molar-refractivity contribution >= 4 is 5.96 Å². The minimum absolute atomic E-state index is 0.112. The number of nitrogens with one attached hydrogen (secondary N) is 1. The number of guanidine groups is 1. The number of hydrazine groups is 1. The van der Waals surface area contributed by atoms with Gasteiger partial charge in [-0.15, -0.1) is 0 Å². The topological polar surface area (TPSA) is 66.1 Å². The van der Waals surface area contributed by atoms with Gasteiger partial charge >= 0.3 is 0 Å². The fraction of sp³-hybridized carbons (Fsp3) is 0.909. The van der Waals surface area contributed by atoms with Crippen LogP contribution < -0.4 is 11.3 Å². The number of hydrogen-bond donors (Lipinski definition) is 2. The summed E-state index contributed by atoms with van der Waals surface area (Å²) >= 11 is 0. The summed E-state index contributed by atoms with van der Waals surface area (Å²) in [6, 6.07) is 0.626. The second-order valence-corrected chi connectivity index (χ2v) is 4.68. The van der Waals surface area contributed by atoms with E-state index in [0.29, 0.717) is 12.6 Å². The summed E-state index contributed by atoms with van der Waals surface area (Å²) in [7, 11) is 3.82. The zero-order valence-electron chi connectivity index (χ0n) is 11.3. The van der Waals surface area contributed by atoms with Crippen molar-refractivity contribution in [1.82, 2.24) is 15.2 Å². The maximum atomic E-state index is 5.55. The number of ether oxygens (including phenoxy) is 1. The Labute approximate surface area is 104 Å². The highest BCUT2D eigenvalue weighted by Gasteiger charge is 2.23. The van der Waals surface area contributed by atoms with E-state index in [1.54, 1.807) is 7.11 Å². The minimum atomic E-state index is 0.112. The van der Waals surface area contributed by atoms with Crippen LogP contribution in [0.2, 0.25) is 0 Å². The maximum Gasteiger partial charge on any atom is 0.208 e. The number of piperazine rings is 1. The number of nitrogens with zero attached hydrogens (tertiary/aromatic N) is 3. The van der Waals surface area contributed by atoms with Crippen molar-refractivity contribution in [2.24, 2.45) is 10.8 Å². The van der Waals surface area contributed by atoms with Crippen molar-refractivity contribution in [2.45, 2.75) is 25.9 Å². The molecule has 0 aliphatic carbocycles. The molecule has 2 atom stereocenters. The van der Waals surface area contributed by atoms with E-state index in [1.165, 1.54) is 0 Å². The Hall–Kier alpha value is -0.850. The van der Waals surface area contributed by atoms with Crippen LogP contribution >= 0.6 is 0 Å². The Bertz CT molecular complexity index is 258. The normalized spacial score (nSPS) is 24.9. The van der Waals surface area contributed by atoms with E-state index in [0.717, 1.165) is 25.6 Å². The van der Waals surface area contributed by atoms with Crippen molar-refractivity contribution in [1.29, 1.82) is 0 Å². The Morgan fingerprint density at radius 3 is 2.82 bits per heavy atom. The molecule has 1 rings (SSSR count). The molecule has 0 bridgehead atoms. The number of methoxy groups -OCH3 is 1. The van der Waals surface area contributed by atoms with Crippen molar-refractivity contribution in [3.63, 3.8) is 0 Å². The Morgan fingerprint density at radius 1 is 1.59 bits per heavy atom. The Kier molecular flexibility index (Phi) is 5.67. The predicted molar refractivity (Wildman–Crippen MR) is 69.8 cm³/mol. The van der Waals surface area contributed by atoms with E-state index in [4.69, 9.17) is 10.6 Å². The van der Waals surface area contributed by atoms with Crippen LogP contribution in [0.15, 0.2) is 4.99 Å². The van der Waals surface area contributed by atoms with Crippen molar-refractivity contribution < 1.29 is 4.74 Å². The minimum Gasteiger partial charge on any atom is -0.382 e. The number of nitrogens with two attached hydrogens (primary N) is 1. The molecule has 1 aliphatic rings. The van der Waals surface area contributed by atoms with Crippen LogP contribution in [0, 0.1) is 0 Å². The molecule has 0 radical (unpaired) electrons. The second-order valence-electron chi connectivity index (χ2n) is 4.68. The summed E-state index contributed by atoms with van der Waals surface area (Å²) in [5, 5.41) is 0. The van der Waals surface area contributed by atoms with Crippen LogP contribution in [0.1, 0.15) is 13.8 Å². The van der Waals surface area contributed by atoms with Gasteiger partial charge in [-0.2, -0.15) is 0 Å². The van der Waals surface area contributed by atoms with Gasteiger partial charge in [-0.25, -0.2) is 10.8 Å². The molecule has 1 heterocycles.